The molecule has 0 aliphatic carbocycles. The molecule has 0 spiro atoms. The molecule has 0 radical (unpaired) electrons. The van der Waals surface area contributed by atoms with E-state index in [2.05, 4.69) is 10.2 Å². The Bertz CT molecular complexity index is 2250. The smallest absolute Gasteiger partial charge is 0.353 e. The SMILES string of the molecule is COc1cc(C(c2c(C)[nH]n(-c3cccc(C(=O)O)c3)c2=O)c2c(C)[nH]n(-c3cccc(C(=O)O)c3)c2=O)ccc1OC(=O)c1cccs1. The van der Waals surface area contributed by atoms with Crippen molar-refractivity contribution >= 4 is 29.2 Å². The van der Waals surface area contributed by atoms with Crippen LogP contribution in [-0.4, -0.2) is 54.8 Å². The number of nitrogens with one attached hydrogen (secondary N) is 2. The minimum Gasteiger partial charge on any atom is -0.493 e. The third-order valence-electron chi connectivity index (χ3n) is 7.96. The van der Waals surface area contributed by atoms with Crippen LogP contribution in [0, 0.1) is 13.8 Å². The Morgan fingerprint density at radius 1 is 0.735 bits per heavy atom. The number of methoxy groups -OCH3 is 1. The summed E-state index contributed by atoms with van der Waals surface area (Å²) in [4.78, 5) is 65.1. The van der Waals surface area contributed by atoms with Crippen LogP contribution in [0.2, 0.25) is 0 Å². The monoisotopic (exact) mass is 680 g/mol. The Morgan fingerprint density at radius 3 is 1.76 bits per heavy atom. The Hall–Kier alpha value is -6.41. The third-order valence-corrected chi connectivity index (χ3v) is 8.81. The lowest BCUT2D eigenvalue weighted by Crippen LogP contribution is -2.25. The second-order valence-corrected chi connectivity index (χ2v) is 12.0. The van der Waals surface area contributed by atoms with Gasteiger partial charge in [0, 0.05) is 17.3 Å². The number of aromatic amines is 2. The number of H-pyrrole nitrogens is 2. The molecule has 0 unspecified atom stereocenters. The Morgan fingerprint density at radius 2 is 1.29 bits per heavy atom. The molecule has 3 aromatic heterocycles. The fourth-order valence-electron chi connectivity index (χ4n) is 5.69. The average molecular weight is 681 g/mol. The number of aryl methyl sites for hydroxylation is 2. The fraction of sp³-hybridized carbons (Fsp3) is 0.114. The highest BCUT2D eigenvalue weighted by atomic mass is 32.1. The van der Waals surface area contributed by atoms with Gasteiger partial charge in [-0.15, -0.1) is 11.3 Å². The number of aromatic nitrogens is 4. The van der Waals surface area contributed by atoms with E-state index in [1.165, 1.54) is 70.3 Å². The standard InChI is InChI=1S/C35H28N4O9S/c1-18-28(31(40)38(36-18)23-9-4-7-21(15-23)33(42)43)30(20-12-13-25(26(17-20)47-3)48-35(46)27-11-6-14-49-27)29-19(2)37-39(32(29)41)24-10-5-8-22(16-24)34(44)45/h4-17,30,36-37H,1-3H3,(H,42,43)(H,44,45). The van der Waals surface area contributed by atoms with Crippen LogP contribution in [0.15, 0.2) is 93.8 Å². The third kappa shape index (κ3) is 6.07. The van der Waals surface area contributed by atoms with E-state index in [4.69, 9.17) is 9.47 Å². The van der Waals surface area contributed by atoms with E-state index in [9.17, 15) is 34.2 Å². The lowest BCUT2D eigenvalue weighted by molar-refractivity contribution is 0.0686. The summed E-state index contributed by atoms with van der Waals surface area (Å²) in [5.41, 5.74) is 0.955. The van der Waals surface area contributed by atoms with Gasteiger partial charge in [-0.25, -0.2) is 23.7 Å². The quantitative estimate of drug-likeness (QED) is 0.112. The zero-order valence-corrected chi connectivity index (χ0v) is 27.0. The highest BCUT2D eigenvalue weighted by molar-refractivity contribution is 7.12. The van der Waals surface area contributed by atoms with E-state index < -0.39 is 34.9 Å². The number of nitrogens with zero attached hydrogens (tertiary/aromatic N) is 2. The summed E-state index contributed by atoms with van der Waals surface area (Å²) in [5.74, 6) is -3.67. The molecule has 0 aliphatic heterocycles. The molecule has 13 nitrogen and oxygen atoms in total. The number of esters is 1. The first-order chi connectivity index (χ1) is 23.5. The molecule has 3 aromatic carbocycles. The predicted octanol–water partition coefficient (Wildman–Crippen LogP) is 5.13. The zero-order valence-electron chi connectivity index (χ0n) is 26.2. The molecule has 0 amide bonds. The number of hydrogen-bond donors (Lipinski definition) is 4. The second kappa shape index (κ2) is 13.0. The molecular formula is C35H28N4O9S. The van der Waals surface area contributed by atoms with E-state index in [1.54, 1.807) is 55.6 Å². The molecule has 0 atom stereocenters. The molecule has 49 heavy (non-hydrogen) atoms. The van der Waals surface area contributed by atoms with Crippen molar-refractivity contribution in [1.29, 1.82) is 0 Å². The first-order valence-corrected chi connectivity index (χ1v) is 15.6. The minimum absolute atomic E-state index is 0.0277. The number of aromatic carboxylic acids is 2. The molecule has 3 heterocycles. The van der Waals surface area contributed by atoms with Gasteiger partial charge < -0.3 is 19.7 Å². The van der Waals surface area contributed by atoms with Gasteiger partial charge in [0.2, 0.25) is 0 Å². The van der Waals surface area contributed by atoms with Crippen molar-refractivity contribution in [3.8, 4) is 22.9 Å². The van der Waals surface area contributed by atoms with Crippen molar-refractivity contribution in [2.45, 2.75) is 19.8 Å². The Balaban J connectivity index is 1.55. The molecule has 4 N–H and O–H groups in total. The Labute approximate surface area is 281 Å². The summed E-state index contributed by atoms with van der Waals surface area (Å²) in [6, 6.07) is 19.7. The van der Waals surface area contributed by atoms with Crippen molar-refractivity contribution < 1.29 is 34.1 Å². The van der Waals surface area contributed by atoms with Gasteiger partial charge in [-0.2, -0.15) is 0 Å². The second-order valence-electron chi connectivity index (χ2n) is 11.0. The number of thiophene rings is 1. The van der Waals surface area contributed by atoms with Gasteiger partial charge in [0.1, 0.15) is 4.88 Å². The molecular weight excluding hydrogens is 652 g/mol. The van der Waals surface area contributed by atoms with Gasteiger partial charge in [-0.3, -0.25) is 19.8 Å². The minimum atomic E-state index is -1.17. The molecule has 14 heteroatoms. The van der Waals surface area contributed by atoms with E-state index in [0.29, 0.717) is 21.8 Å². The van der Waals surface area contributed by atoms with Gasteiger partial charge in [0.05, 0.1) is 40.7 Å². The van der Waals surface area contributed by atoms with Crippen LogP contribution in [0.4, 0.5) is 0 Å². The summed E-state index contributed by atoms with van der Waals surface area (Å²) >= 11 is 1.22. The molecule has 0 fully saturated rings. The van der Waals surface area contributed by atoms with Crippen LogP contribution in [-0.2, 0) is 0 Å². The number of carbonyl (C=O) groups excluding carboxylic acids is 1. The summed E-state index contributed by atoms with van der Waals surface area (Å²) in [6.45, 7) is 3.32. The fourth-order valence-corrected chi connectivity index (χ4v) is 6.29. The first-order valence-electron chi connectivity index (χ1n) is 14.7. The zero-order chi connectivity index (χ0) is 35.0. The molecule has 6 aromatic rings. The van der Waals surface area contributed by atoms with Crippen LogP contribution < -0.4 is 20.6 Å². The molecule has 0 aliphatic rings. The summed E-state index contributed by atoms with van der Waals surface area (Å²) in [7, 11) is 1.39. The first kappa shape index (κ1) is 32.5. The maximum absolute atomic E-state index is 14.3. The topological polar surface area (TPSA) is 186 Å². The lowest BCUT2D eigenvalue weighted by atomic mass is 9.85. The molecule has 6 rings (SSSR count). The van der Waals surface area contributed by atoms with Gasteiger partial charge in [-0.1, -0.05) is 24.3 Å². The summed E-state index contributed by atoms with van der Waals surface area (Å²) in [6.07, 6.45) is 0. The predicted molar refractivity (Wildman–Crippen MR) is 179 cm³/mol. The molecule has 0 saturated carbocycles. The molecule has 0 bridgehead atoms. The van der Waals surface area contributed by atoms with E-state index in [1.807, 2.05) is 0 Å². The van der Waals surface area contributed by atoms with Gasteiger partial charge in [0.15, 0.2) is 11.5 Å². The van der Waals surface area contributed by atoms with E-state index in [0.717, 1.165) is 0 Å². The van der Waals surface area contributed by atoms with Crippen LogP contribution >= 0.6 is 11.3 Å². The largest absolute Gasteiger partial charge is 0.493 e. The van der Waals surface area contributed by atoms with Gasteiger partial charge >= 0.3 is 17.9 Å². The Kier molecular flexibility index (Phi) is 8.63. The van der Waals surface area contributed by atoms with Gasteiger partial charge in [0.25, 0.3) is 11.1 Å². The van der Waals surface area contributed by atoms with E-state index >= 15 is 0 Å². The van der Waals surface area contributed by atoms with Crippen LogP contribution in [0.3, 0.4) is 0 Å². The van der Waals surface area contributed by atoms with Crippen molar-refractivity contribution in [2.75, 3.05) is 7.11 Å². The summed E-state index contributed by atoms with van der Waals surface area (Å²) in [5, 5.41) is 26.9. The van der Waals surface area contributed by atoms with Crippen LogP contribution in [0.5, 0.6) is 11.5 Å². The van der Waals surface area contributed by atoms with Crippen molar-refractivity contribution in [3.63, 3.8) is 0 Å². The van der Waals surface area contributed by atoms with Crippen LogP contribution in [0.25, 0.3) is 11.4 Å². The number of carbonyl (C=O) groups is 3. The highest BCUT2D eigenvalue weighted by Gasteiger charge is 2.32. The molecule has 0 saturated heterocycles. The van der Waals surface area contributed by atoms with Crippen molar-refractivity contribution in [3.05, 3.63) is 149 Å². The summed E-state index contributed by atoms with van der Waals surface area (Å²) < 4.78 is 13.6. The number of benzene rings is 3. The van der Waals surface area contributed by atoms with Crippen LogP contribution in [0.1, 0.15) is 64.4 Å². The average Bonchev–Trinajstić information content (AvgIpc) is 3.81. The lowest BCUT2D eigenvalue weighted by Gasteiger charge is -2.18. The maximum atomic E-state index is 14.3. The number of carboxylic acid groups (broad SMARTS) is 2. The molecule has 248 valence electrons. The number of hydrogen-bond acceptors (Lipinski definition) is 8. The normalized spacial score (nSPS) is 11.1. The van der Waals surface area contributed by atoms with Crippen molar-refractivity contribution in [2.24, 2.45) is 0 Å². The maximum Gasteiger partial charge on any atom is 0.353 e. The number of ether oxygens (including phenoxy) is 2. The van der Waals surface area contributed by atoms with Gasteiger partial charge in [-0.05, 0) is 79.4 Å². The number of rotatable bonds is 10. The number of carboxylic acids is 2. The highest BCUT2D eigenvalue weighted by Crippen LogP contribution is 2.38. The van der Waals surface area contributed by atoms with Crippen molar-refractivity contribution in [1.82, 2.24) is 19.6 Å². The van der Waals surface area contributed by atoms with E-state index in [-0.39, 0.29) is 45.1 Å².